The van der Waals surface area contributed by atoms with Crippen molar-refractivity contribution in [1.29, 1.82) is 0 Å². The summed E-state index contributed by atoms with van der Waals surface area (Å²) < 4.78 is 60.0. The minimum Gasteiger partial charge on any atom is -0.434 e. The number of piperazine rings is 1. The van der Waals surface area contributed by atoms with Crippen LogP contribution in [-0.2, 0) is 16.1 Å². The highest BCUT2D eigenvalue weighted by Gasteiger charge is 2.53. The molecule has 0 aliphatic carbocycles. The third-order valence-corrected chi connectivity index (χ3v) is 7.27. The summed E-state index contributed by atoms with van der Waals surface area (Å²) in [7, 11) is 0. The number of nitrogens with zero attached hydrogens (tertiary/aromatic N) is 6. The number of para-hydroxylation sites is 1. The Hall–Kier alpha value is -3.50. The zero-order valence-electron chi connectivity index (χ0n) is 19.1. The van der Waals surface area contributed by atoms with Crippen LogP contribution < -0.4 is 15.0 Å². The monoisotopic (exact) mass is 538 g/mol. The number of fused-ring (bicyclic) bond motifs is 3. The molecule has 1 aromatic carbocycles. The second kappa shape index (κ2) is 9.42. The summed E-state index contributed by atoms with van der Waals surface area (Å²) in [6.07, 6.45) is -6.77. The van der Waals surface area contributed by atoms with Crippen LogP contribution in [0.15, 0.2) is 29.8 Å². The summed E-state index contributed by atoms with van der Waals surface area (Å²) in [6, 6.07) is 4.52. The summed E-state index contributed by atoms with van der Waals surface area (Å²) in [5, 5.41) is 18.3. The number of ether oxygens (including phenoxy) is 3. The van der Waals surface area contributed by atoms with Crippen LogP contribution in [0.2, 0.25) is 0 Å². The molecule has 0 saturated carbocycles. The number of aromatic amines is 1. The lowest BCUT2D eigenvalue weighted by Crippen LogP contribution is -2.57. The molecular formula is C21H21F3N8O4S. The molecule has 3 aliphatic heterocycles. The Balaban J connectivity index is 1.35. The van der Waals surface area contributed by atoms with Crippen molar-refractivity contribution in [3.8, 4) is 16.3 Å². The van der Waals surface area contributed by atoms with Gasteiger partial charge in [0.25, 0.3) is 0 Å². The third-order valence-electron chi connectivity index (χ3n) is 6.47. The molecule has 3 aromatic rings. The second-order valence-electron chi connectivity index (χ2n) is 8.69. The molecular weight excluding hydrogens is 517 g/mol. The first-order valence-electron chi connectivity index (χ1n) is 11.5. The van der Waals surface area contributed by atoms with E-state index in [1.54, 1.807) is 28.6 Å². The molecule has 0 radical (unpaired) electrons. The number of H-pyrrole nitrogens is 1. The first-order chi connectivity index (χ1) is 17.9. The van der Waals surface area contributed by atoms with Crippen LogP contribution in [0, 0.1) is 0 Å². The molecule has 4 unspecified atom stereocenters. The standard InChI is InChI=1S/C21H21F3N8O4S/c22-21(23,24)18(34-10-15-27-29-30-28-15)32-14-3-1-2-13(17-26-6-7-37-17)16(14)35-20(32)36-19(33)31-11-4-5-12(31)9-25-8-11/h1-3,6-7,11-12,18,20,25H,4-5,8-10H2,(H,27,28,29,30). The van der Waals surface area contributed by atoms with Crippen LogP contribution in [0.1, 0.15) is 18.7 Å². The first kappa shape index (κ1) is 23.9. The van der Waals surface area contributed by atoms with Crippen molar-refractivity contribution in [3.05, 3.63) is 35.6 Å². The van der Waals surface area contributed by atoms with Gasteiger partial charge in [-0.05, 0) is 25.0 Å². The van der Waals surface area contributed by atoms with Crippen LogP contribution in [0.5, 0.6) is 5.75 Å². The molecule has 0 spiro atoms. The van der Waals surface area contributed by atoms with E-state index in [0.29, 0.717) is 23.7 Å². The Morgan fingerprint density at radius 2 is 2.08 bits per heavy atom. The number of amides is 1. The van der Waals surface area contributed by atoms with Crippen molar-refractivity contribution in [2.24, 2.45) is 0 Å². The summed E-state index contributed by atoms with van der Waals surface area (Å²) in [6.45, 7) is 0.587. The van der Waals surface area contributed by atoms with Crippen molar-refractivity contribution in [3.63, 3.8) is 0 Å². The van der Waals surface area contributed by atoms with Crippen LogP contribution >= 0.6 is 11.3 Å². The van der Waals surface area contributed by atoms with Crippen molar-refractivity contribution in [2.45, 2.75) is 50.4 Å². The minimum absolute atomic E-state index is 0.0456. The predicted molar refractivity (Wildman–Crippen MR) is 121 cm³/mol. The lowest BCUT2D eigenvalue weighted by atomic mass is 10.1. The van der Waals surface area contributed by atoms with E-state index in [-0.39, 0.29) is 29.3 Å². The molecule has 2 bridgehead atoms. The maximum absolute atomic E-state index is 14.4. The Labute approximate surface area is 211 Å². The molecule has 1 amide bonds. The lowest BCUT2D eigenvalue weighted by molar-refractivity contribution is -0.235. The number of aromatic nitrogens is 5. The highest BCUT2D eigenvalue weighted by atomic mass is 32.1. The van der Waals surface area contributed by atoms with Gasteiger partial charge >= 0.3 is 18.7 Å². The fourth-order valence-corrected chi connectivity index (χ4v) is 5.58. The summed E-state index contributed by atoms with van der Waals surface area (Å²) in [4.78, 5) is 19.9. The fourth-order valence-electron chi connectivity index (χ4n) is 4.92. The number of halogens is 3. The van der Waals surface area contributed by atoms with Crippen molar-refractivity contribution in [2.75, 3.05) is 18.0 Å². The number of anilines is 1. The number of benzene rings is 1. The van der Waals surface area contributed by atoms with Gasteiger partial charge in [0.2, 0.25) is 6.23 Å². The molecule has 2 fully saturated rings. The van der Waals surface area contributed by atoms with E-state index in [0.717, 1.165) is 17.7 Å². The molecule has 6 rings (SSSR count). The van der Waals surface area contributed by atoms with Crippen LogP contribution in [0.25, 0.3) is 10.6 Å². The number of carbonyl (C=O) groups is 1. The van der Waals surface area contributed by atoms with Gasteiger partial charge in [0.05, 0.1) is 11.3 Å². The molecule has 12 nitrogen and oxygen atoms in total. The number of alkyl halides is 3. The maximum Gasteiger partial charge on any atom is 0.433 e. The van der Waals surface area contributed by atoms with Crippen molar-refractivity contribution < 1.29 is 32.2 Å². The van der Waals surface area contributed by atoms with E-state index >= 15 is 0 Å². The molecule has 2 aromatic heterocycles. The Bertz CT molecular complexity index is 1230. The number of tetrazole rings is 1. The van der Waals surface area contributed by atoms with Gasteiger partial charge in [0.1, 0.15) is 11.6 Å². The number of thiazole rings is 1. The zero-order valence-corrected chi connectivity index (χ0v) is 19.9. The Morgan fingerprint density at radius 1 is 1.27 bits per heavy atom. The average molecular weight is 539 g/mol. The highest BCUT2D eigenvalue weighted by molar-refractivity contribution is 7.13. The number of hydrogen-bond donors (Lipinski definition) is 2. The highest BCUT2D eigenvalue weighted by Crippen LogP contribution is 2.48. The summed E-state index contributed by atoms with van der Waals surface area (Å²) in [5.41, 5.74) is 0.515. The minimum atomic E-state index is -4.90. The van der Waals surface area contributed by atoms with Gasteiger partial charge in [-0.15, -0.1) is 21.5 Å². The summed E-state index contributed by atoms with van der Waals surface area (Å²) in [5.74, 6) is 0.0352. The van der Waals surface area contributed by atoms with E-state index < -0.39 is 31.5 Å². The zero-order chi connectivity index (χ0) is 25.6. The van der Waals surface area contributed by atoms with Gasteiger partial charge in [0, 0.05) is 36.8 Å². The Morgan fingerprint density at radius 3 is 2.76 bits per heavy atom. The smallest absolute Gasteiger partial charge is 0.433 e. The number of hydrogen-bond acceptors (Lipinski definition) is 11. The lowest BCUT2D eigenvalue weighted by Gasteiger charge is -2.37. The molecule has 3 aliphatic rings. The van der Waals surface area contributed by atoms with E-state index in [1.807, 2.05) is 0 Å². The molecule has 37 heavy (non-hydrogen) atoms. The number of carbonyl (C=O) groups excluding carboxylic acids is 1. The molecule has 16 heteroatoms. The number of rotatable bonds is 6. The van der Waals surface area contributed by atoms with Gasteiger partial charge in [-0.2, -0.15) is 18.4 Å². The fraction of sp³-hybridized carbons (Fsp3) is 0.476. The second-order valence-corrected chi connectivity index (χ2v) is 9.59. The number of nitrogens with one attached hydrogen (secondary N) is 2. The molecule has 196 valence electrons. The van der Waals surface area contributed by atoms with E-state index in [2.05, 4.69) is 30.9 Å². The molecule has 5 heterocycles. The van der Waals surface area contributed by atoms with Gasteiger partial charge in [-0.25, -0.2) is 9.78 Å². The SMILES string of the molecule is O=C(OC1Oc2c(-c3nccs3)cccc2N1C(OCc1nn[nH]n1)C(F)(F)F)N1C2CCC1CNC2. The summed E-state index contributed by atoms with van der Waals surface area (Å²) >= 11 is 1.30. The van der Waals surface area contributed by atoms with Crippen molar-refractivity contribution in [1.82, 2.24) is 35.8 Å². The van der Waals surface area contributed by atoms with Crippen molar-refractivity contribution >= 4 is 23.1 Å². The maximum atomic E-state index is 14.4. The molecule has 2 saturated heterocycles. The van der Waals surface area contributed by atoms with E-state index in [9.17, 15) is 18.0 Å². The molecule has 4 atom stereocenters. The normalized spacial score (nSPS) is 23.6. The Kier molecular flexibility index (Phi) is 6.08. The third kappa shape index (κ3) is 4.44. The van der Waals surface area contributed by atoms with Gasteiger partial charge in [-0.3, -0.25) is 9.80 Å². The quantitative estimate of drug-likeness (QED) is 0.483. The molecule has 2 N–H and O–H groups in total. The topological polar surface area (TPSA) is 131 Å². The predicted octanol–water partition coefficient (Wildman–Crippen LogP) is 2.48. The first-order valence-corrected chi connectivity index (χ1v) is 12.4. The van der Waals surface area contributed by atoms with Gasteiger partial charge in [-0.1, -0.05) is 11.3 Å². The average Bonchev–Trinajstić information content (AvgIpc) is 3.66. The van der Waals surface area contributed by atoms with E-state index in [4.69, 9.17) is 14.2 Å². The van der Waals surface area contributed by atoms with E-state index in [1.165, 1.54) is 17.4 Å². The van der Waals surface area contributed by atoms with Crippen LogP contribution in [-0.4, -0.2) is 80.6 Å². The van der Waals surface area contributed by atoms with Gasteiger partial charge in [0.15, 0.2) is 11.6 Å². The largest absolute Gasteiger partial charge is 0.434 e. The van der Waals surface area contributed by atoms with Gasteiger partial charge < -0.3 is 19.5 Å². The van der Waals surface area contributed by atoms with Crippen LogP contribution in [0.3, 0.4) is 0 Å². The van der Waals surface area contributed by atoms with Crippen LogP contribution in [0.4, 0.5) is 23.7 Å².